The molecule has 0 aliphatic rings. The van der Waals surface area contributed by atoms with Crippen molar-refractivity contribution in [2.75, 3.05) is 17.2 Å². The topological polar surface area (TPSA) is 123 Å². The maximum atomic E-state index is 13.1. The molecule has 4 rings (SSSR count). The Labute approximate surface area is 231 Å². The van der Waals surface area contributed by atoms with Crippen LogP contribution in [0, 0.1) is 0 Å². The third-order valence-corrected chi connectivity index (χ3v) is 6.02. The molecule has 1 amide bonds. The van der Waals surface area contributed by atoms with Crippen LogP contribution in [0.5, 0.6) is 11.5 Å². The van der Waals surface area contributed by atoms with E-state index in [1.807, 2.05) is 42.5 Å². The number of carbonyl (C=O) groups excluding carboxylic acids is 1. The second kappa shape index (κ2) is 13.3. The van der Waals surface area contributed by atoms with Gasteiger partial charge in [-0.1, -0.05) is 66.2 Å². The number of carboxylic acid groups (broad SMARTS) is 1. The zero-order valence-electron chi connectivity index (χ0n) is 21.0. The summed E-state index contributed by atoms with van der Waals surface area (Å²) >= 11 is 6.21. The van der Waals surface area contributed by atoms with Gasteiger partial charge in [0.05, 0.1) is 5.56 Å². The molecule has 4 aromatic rings. The molecule has 0 saturated carbocycles. The van der Waals surface area contributed by atoms with Crippen molar-refractivity contribution < 1.29 is 24.2 Å². The van der Waals surface area contributed by atoms with Gasteiger partial charge in [0.1, 0.15) is 6.61 Å². The Balaban J connectivity index is 1.54. The van der Waals surface area contributed by atoms with Crippen LogP contribution in [0.15, 0.2) is 91.0 Å². The van der Waals surface area contributed by atoms with Gasteiger partial charge in [-0.25, -0.2) is 4.79 Å². The number of para-hydroxylation sites is 1. The molecule has 0 atom stereocenters. The van der Waals surface area contributed by atoms with Gasteiger partial charge >= 0.3 is 5.97 Å². The third-order valence-electron chi connectivity index (χ3n) is 5.78. The Morgan fingerprint density at radius 3 is 2.36 bits per heavy atom. The molecular formula is C30H28ClN3O5. The van der Waals surface area contributed by atoms with Crippen LogP contribution < -0.4 is 25.8 Å². The van der Waals surface area contributed by atoms with Crippen LogP contribution in [-0.4, -0.2) is 23.6 Å². The Morgan fingerprint density at radius 2 is 1.64 bits per heavy atom. The molecular weight excluding hydrogens is 518 g/mol. The van der Waals surface area contributed by atoms with Gasteiger partial charge in [0.25, 0.3) is 5.91 Å². The number of aliphatic carboxylic acids is 1. The van der Waals surface area contributed by atoms with Gasteiger partial charge in [-0.3, -0.25) is 4.79 Å². The molecule has 0 spiro atoms. The number of ether oxygens (including phenoxy) is 2. The van der Waals surface area contributed by atoms with Gasteiger partial charge in [0, 0.05) is 35.1 Å². The van der Waals surface area contributed by atoms with E-state index in [4.69, 9.17) is 26.8 Å². The summed E-state index contributed by atoms with van der Waals surface area (Å²) in [6.07, 6.45) is 0. The van der Waals surface area contributed by atoms with Crippen LogP contribution in [0.3, 0.4) is 0 Å². The van der Waals surface area contributed by atoms with E-state index in [0.717, 1.165) is 11.1 Å². The van der Waals surface area contributed by atoms with E-state index in [0.29, 0.717) is 45.6 Å². The molecule has 0 radical (unpaired) electrons. The van der Waals surface area contributed by atoms with E-state index in [1.54, 1.807) is 48.5 Å². The van der Waals surface area contributed by atoms with E-state index < -0.39 is 12.6 Å². The quantitative estimate of drug-likeness (QED) is 0.180. The number of anilines is 2. The minimum Gasteiger partial charge on any atom is -0.485 e. The molecule has 0 fully saturated rings. The average molecular weight is 546 g/mol. The Hall–Kier alpha value is -4.53. The number of amides is 1. The number of hydrogen-bond donors (Lipinski definition) is 4. The number of carboxylic acids is 1. The largest absolute Gasteiger partial charge is 0.485 e. The van der Waals surface area contributed by atoms with Crippen molar-refractivity contribution in [3.63, 3.8) is 0 Å². The van der Waals surface area contributed by atoms with E-state index in [1.165, 1.54) is 0 Å². The van der Waals surface area contributed by atoms with Crippen molar-refractivity contribution in [1.29, 1.82) is 0 Å². The van der Waals surface area contributed by atoms with E-state index in [9.17, 15) is 14.7 Å². The third kappa shape index (κ3) is 7.73. The van der Waals surface area contributed by atoms with Crippen LogP contribution in [0.4, 0.5) is 11.4 Å². The molecule has 39 heavy (non-hydrogen) atoms. The number of halogens is 1. The molecule has 200 valence electrons. The highest BCUT2D eigenvalue weighted by molar-refractivity contribution is 6.31. The standard InChI is InChI=1S/C30H28ClN3O5/c31-23-11-14-26(25(15-23)30(37)34-24-12-9-20(16-32)10-13-24)33-17-22-7-4-8-27(29(22)39-19-28(35)36)38-18-21-5-2-1-3-6-21/h1-15,33H,16-19,32H2,(H,34,37)(H,35,36). The summed E-state index contributed by atoms with van der Waals surface area (Å²) in [7, 11) is 0. The molecule has 9 heteroatoms. The molecule has 4 aromatic carbocycles. The fourth-order valence-electron chi connectivity index (χ4n) is 3.82. The van der Waals surface area contributed by atoms with Gasteiger partial charge < -0.3 is 30.9 Å². The Bertz CT molecular complexity index is 1430. The molecule has 0 aliphatic heterocycles. The number of benzene rings is 4. The summed E-state index contributed by atoms with van der Waals surface area (Å²) in [6.45, 7) is 0.392. The number of carbonyl (C=O) groups is 2. The molecule has 5 N–H and O–H groups in total. The molecule has 0 unspecified atom stereocenters. The monoisotopic (exact) mass is 545 g/mol. The smallest absolute Gasteiger partial charge is 0.341 e. The number of hydrogen-bond acceptors (Lipinski definition) is 6. The normalized spacial score (nSPS) is 10.5. The number of rotatable bonds is 12. The van der Waals surface area contributed by atoms with Crippen molar-refractivity contribution in [3.8, 4) is 11.5 Å². The van der Waals surface area contributed by atoms with Gasteiger partial charge in [0.15, 0.2) is 18.1 Å². The van der Waals surface area contributed by atoms with Crippen LogP contribution in [0.25, 0.3) is 0 Å². The first-order chi connectivity index (χ1) is 18.9. The molecule has 0 heterocycles. The van der Waals surface area contributed by atoms with Crippen LogP contribution in [-0.2, 0) is 24.5 Å². The maximum Gasteiger partial charge on any atom is 0.341 e. The van der Waals surface area contributed by atoms with Crippen molar-refractivity contribution in [2.24, 2.45) is 5.73 Å². The Morgan fingerprint density at radius 1 is 0.872 bits per heavy atom. The van der Waals surface area contributed by atoms with Gasteiger partial charge in [-0.15, -0.1) is 0 Å². The second-order valence-electron chi connectivity index (χ2n) is 8.60. The minimum absolute atomic E-state index is 0.227. The summed E-state index contributed by atoms with van der Waals surface area (Å²) in [6, 6.07) is 27.2. The van der Waals surface area contributed by atoms with Gasteiger partial charge in [-0.2, -0.15) is 0 Å². The van der Waals surface area contributed by atoms with Crippen molar-refractivity contribution in [1.82, 2.24) is 0 Å². The lowest BCUT2D eigenvalue weighted by Gasteiger charge is -2.18. The highest BCUT2D eigenvalue weighted by atomic mass is 35.5. The van der Waals surface area contributed by atoms with Crippen LogP contribution >= 0.6 is 11.6 Å². The first-order valence-electron chi connectivity index (χ1n) is 12.2. The molecule has 0 aromatic heterocycles. The summed E-state index contributed by atoms with van der Waals surface area (Å²) in [5, 5.41) is 15.7. The van der Waals surface area contributed by atoms with E-state index in [2.05, 4.69) is 10.6 Å². The predicted octanol–water partition coefficient (Wildman–Crippen LogP) is 5.71. The molecule has 0 bridgehead atoms. The lowest BCUT2D eigenvalue weighted by atomic mass is 10.1. The van der Waals surface area contributed by atoms with Crippen molar-refractivity contribution >= 4 is 34.9 Å². The van der Waals surface area contributed by atoms with Gasteiger partial charge in [-0.05, 0) is 47.5 Å². The molecule has 8 nitrogen and oxygen atoms in total. The molecule has 0 aliphatic carbocycles. The van der Waals surface area contributed by atoms with Crippen LogP contribution in [0.1, 0.15) is 27.0 Å². The van der Waals surface area contributed by atoms with Crippen molar-refractivity contribution in [2.45, 2.75) is 19.7 Å². The first kappa shape index (κ1) is 27.5. The minimum atomic E-state index is -1.11. The fourth-order valence-corrected chi connectivity index (χ4v) is 3.99. The summed E-state index contributed by atoms with van der Waals surface area (Å²) < 4.78 is 11.6. The van der Waals surface area contributed by atoms with Crippen molar-refractivity contribution in [3.05, 3.63) is 118 Å². The van der Waals surface area contributed by atoms with E-state index in [-0.39, 0.29) is 19.1 Å². The highest BCUT2D eigenvalue weighted by Crippen LogP contribution is 2.33. The first-order valence-corrected chi connectivity index (χ1v) is 12.6. The van der Waals surface area contributed by atoms with E-state index >= 15 is 0 Å². The zero-order chi connectivity index (χ0) is 27.6. The summed E-state index contributed by atoms with van der Waals surface area (Å²) in [4.78, 5) is 24.4. The summed E-state index contributed by atoms with van der Waals surface area (Å²) in [5.74, 6) is -0.733. The van der Waals surface area contributed by atoms with Crippen LogP contribution in [0.2, 0.25) is 5.02 Å². The van der Waals surface area contributed by atoms with Gasteiger partial charge in [0.2, 0.25) is 0 Å². The lowest BCUT2D eigenvalue weighted by molar-refractivity contribution is -0.139. The number of nitrogens with one attached hydrogen (secondary N) is 2. The predicted molar refractivity (Wildman–Crippen MR) is 151 cm³/mol. The SMILES string of the molecule is NCc1ccc(NC(=O)c2cc(Cl)ccc2NCc2cccc(OCc3ccccc3)c2OCC(=O)O)cc1. The molecule has 0 saturated heterocycles. The average Bonchev–Trinajstić information content (AvgIpc) is 2.95. The number of nitrogens with two attached hydrogens (primary N) is 1. The maximum absolute atomic E-state index is 13.1. The fraction of sp³-hybridized carbons (Fsp3) is 0.133. The Kier molecular flexibility index (Phi) is 9.39. The lowest BCUT2D eigenvalue weighted by Crippen LogP contribution is -2.16. The second-order valence-corrected chi connectivity index (χ2v) is 9.04. The summed E-state index contributed by atoms with van der Waals surface area (Å²) in [5.41, 5.74) is 9.72. The zero-order valence-corrected chi connectivity index (χ0v) is 21.8. The highest BCUT2D eigenvalue weighted by Gasteiger charge is 2.16.